The Kier molecular flexibility index (Phi) is 16.5. The van der Waals surface area contributed by atoms with Crippen LogP contribution in [0.25, 0.3) is 0 Å². The van der Waals surface area contributed by atoms with Gasteiger partial charge < -0.3 is 9.47 Å². The second kappa shape index (κ2) is 19.8. The Bertz CT molecular complexity index is 1140. The van der Waals surface area contributed by atoms with Crippen molar-refractivity contribution < 1.29 is 28.7 Å². The minimum absolute atomic E-state index is 0.0709. The molecule has 43 heavy (non-hydrogen) atoms. The van der Waals surface area contributed by atoms with Crippen LogP contribution >= 0.6 is 0 Å². The molecule has 2 aliphatic rings. The number of nitrogens with zero attached hydrogens (tertiary/aromatic N) is 4. The van der Waals surface area contributed by atoms with E-state index >= 15 is 0 Å². The van der Waals surface area contributed by atoms with Crippen LogP contribution in [0.2, 0.25) is 0 Å². The van der Waals surface area contributed by atoms with Crippen molar-refractivity contribution in [1.29, 1.82) is 0 Å². The molecule has 4 rings (SSSR count). The highest BCUT2D eigenvalue weighted by Crippen LogP contribution is 2.30. The van der Waals surface area contributed by atoms with Crippen LogP contribution < -0.4 is 0 Å². The summed E-state index contributed by atoms with van der Waals surface area (Å²) in [6, 6.07) is 0.999. The van der Waals surface area contributed by atoms with Crippen molar-refractivity contribution in [3.8, 4) is 0 Å². The van der Waals surface area contributed by atoms with Gasteiger partial charge in [-0.1, -0.05) is 59.3 Å². The topological polar surface area (TPSA) is 122 Å². The molecule has 240 valence electrons. The second-order valence-electron chi connectivity index (χ2n) is 10.9. The molecule has 0 N–H and O–H groups in total. The van der Waals surface area contributed by atoms with E-state index in [1.807, 2.05) is 6.92 Å². The zero-order chi connectivity index (χ0) is 31.6. The van der Waals surface area contributed by atoms with Gasteiger partial charge in [-0.05, 0) is 52.4 Å². The maximum atomic E-state index is 11.8. The Hall–Kier alpha value is -3.30. The van der Waals surface area contributed by atoms with E-state index in [-0.39, 0.29) is 18.2 Å². The number of carbonyl (C=O) groups excluding carboxylic acids is 4. The first kappa shape index (κ1) is 35.9. The average Bonchev–Trinajstić information content (AvgIpc) is 3.67. The average molecular weight is 601 g/mol. The molecule has 2 fully saturated rings. The highest BCUT2D eigenvalue weighted by molar-refractivity contribution is 5.95. The smallest absolute Gasteiger partial charge is 0.341 e. The molecule has 2 aromatic heterocycles. The minimum Gasteiger partial charge on any atom is -0.466 e. The minimum atomic E-state index is -0.422. The van der Waals surface area contributed by atoms with E-state index in [1.54, 1.807) is 26.2 Å². The zero-order valence-electron chi connectivity index (χ0n) is 26.9. The molecule has 0 spiro atoms. The van der Waals surface area contributed by atoms with E-state index in [0.717, 1.165) is 36.1 Å². The van der Waals surface area contributed by atoms with Gasteiger partial charge >= 0.3 is 11.9 Å². The van der Waals surface area contributed by atoms with Crippen LogP contribution in [0.4, 0.5) is 0 Å². The van der Waals surface area contributed by atoms with Crippen LogP contribution in [0, 0.1) is 0 Å². The Morgan fingerprint density at radius 1 is 0.767 bits per heavy atom. The van der Waals surface area contributed by atoms with Gasteiger partial charge in [0.1, 0.15) is 17.8 Å². The fourth-order valence-corrected chi connectivity index (χ4v) is 5.76. The number of aromatic nitrogens is 4. The van der Waals surface area contributed by atoms with Crippen molar-refractivity contribution in [2.45, 2.75) is 137 Å². The van der Waals surface area contributed by atoms with Crippen LogP contribution in [0.3, 0.4) is 0 Å². The van der Waals surface area contributed by atoms with Crippen LogP contribution in [0.5, 0.6) is 0 Å². The molecular formula is C33H52N4O6. The third-order valence-electron chi connectivity index (χ3n) is 8.00. The highest BCUT2D eigenvalue weighted by Gasteiger charge is 2.23. The number of Topliss-reactive ketones (excluding diaryl/α,β-unsaturated/α-hetero) is 1. The van der Waals surface area contributed by atoms with Crippen LogP contribution in [-0.2, 0) is 31.9 Å². The summed E-state index contributed by atoms with van der Waals surface area (Å²) >= 11 is 0. The quantitative estimate of drug-likeness (QED) is 0.157. The van der Waals surface area contributed by atoms with Gasteiger partial charge in [0.25, 0.3) is 0 Å². The van der Waals surface area contributed by atoms with E-state index in [1.165, 1.54) is 64.2 Å². The summed E-state index contributed by atoms with van der Waals surface area (Å²) in [4.78, 5) is 43.8. The molecule has 0 aromatic carbocycles. The van der Waals surface area contributed by atoms with E-state index < -0.39 is 5.97 Å². The van der Waals surface area contributed by atoms with Crippen molar-refractivity contribution in [1.82, 2.24) is 19.6 Å². The summed E-state index contributed by atoms with van der Waals surface area (Å²) in [6.07, 6.45) is 18.9. The van der Waals surface area contributed by atoms with Gasteiger partial charge in [-0.15, -0.1) is 0 Å². The number of carbonyl (C=O) groups is 4. The summed E-state index contributed by atoms with van der Waals surface area (Å²) in [7, 11) is 0. The van der Waals surface area contributed by atoms with Crippen molar-refractivity contribution in [3.05, 3.63) is 34.9 Å². The molecule has 0 radical (unpaired) electrons. The molecule has 0 bridgehead atoms. The number of rotatable bonds is 11. The molecule has 2 aliphatic carbocycles. The van der Waals surface area contributed by atoms with Crippen LogP contribution in [0.1, 0.15) is 156 Å². The number of hydrogen-bond acceptors (Lipinski definition) is 8. The van der Waals surface area contributed by atoms with Gasteiger partial charge in [0.2, 0.25) is 0 Å². The second-order valence-corrected chi connectivity index (χ2v) is 10.9. The lowest BCUT2D eigenvalue weighted by molar-refractivity contribution is -0.145. The summed E-state index contributed by atoms with van der Waals surface area (Å²) < 4.78 is 13.8. The van der Waals surface area contributed by atoms with Gasteiger partial charge in [0.05, 0.1) is 48.9 Å². The van der Waals surface area contributed by atoms with Crippen LogP contribution in [-0.4, -0.2) is 56.8 Å². The first-order valence-corrected chi connectivity index (χ1v) is 16.3. The number of ether oxygens (including phenoxy) is 2. The summed E-state index contributed by atoms with van der Waals surface area (Å²) in [6.45, 7) is 10.2. The monoisotopic (exact) mass is 600 g/mol. The molecule has 2 saturated carbocycles. The highest BCUT2D eigenvalue weighted by atomic mass is 16.5. The lowest BCUT2D eigenvalue weighted by atomic mass is 9.95. The number of aldehydes is 1. The predicted octanol–water partition coefficient (Wildman–Crippen LogP) is 6.81. The lowest BCUT2D eigenvalue weighted by Crippen LogP contribution is -2.17. The van der Waals surface area contributed by atoms with Gasteiger partial charge in [-0.25, -0.2) is 4.79 Å². The number of esters is 2. The predicted molar refractivity (Wildman–Crippen MR) is 165 cm³/mol. The number of hydrogen-bond donors (Lipinski definition) is 0. The van der Waals surface area contributed by atoms with E-state index in [9.17, 15) is 19.2 Å². The molecule has 0 unspecified atom stereocenters. The third-order valence-corrected chi connectivity index (χ3v) is 8.00. The molecule has 10 nitrogen and oxygen atoms in total. The SMILES string of the molecule is CCOC(=O)CC(=O)CC.CCOC(=O)c1cnn(C2CCCCC2)c1CC.CCc1c(C=O)cnn1C1CCCCC1. The normalized spacial score (nSPS) is 15.4. The molecule has 2 heterocycles. The Morgan fingerprint density at radius 2 is 1.28 bits per heavy atom. The van der Waals surface area contributed by atoms with Gasteiger partial charge in [-0.3, -0.25) is 23.7 Å². The molecule has 0 aliphatic heterocycles. The third kappa shape index (κ3) is 11.0. The fourth-order valence-electron chi connectivity index (χ4n) is 5.76. The molecule has 0 amide bonds. The number of ketones is 1. The lowest BCUT2D eigenvalue weighted by Gasteiger charge is -2.24. The van der Waals surface area contributed by atoms with E-state index in [0.29, 0.717) is 37.3 Å². The van der Waals surface area contributed by atoms with Gasteiger partial charge in [0, 0.05) is 12.1 Å². The fraction of sp³-hybridized carbons (Fsp3) is 0.697. The maximum absolute atomic E-state index is 11.8. The van der Waals surface area contributed by atoms with Crippen molar-refractivity contribution in [2.24, 2.45) is 0 Å². The Labute approximate surface area is 256 Å². The summed E-state index contributed by atoms with van der Waals surface area (Å²) in [5.41, 5.74) is 3.55. The van der Waals surface area contributed by atoms with E-state index in [4.69, 9.17) is 4.74 Å². The standard InChI is InChI=1S/C14H22N2O2.C12H18N2O.C7H12O3/c1-3-13-12(14(17)18-4-2)10-15-16(13)11-8-6-5-7-9-11;1-2-12-10(9-15)8-13-14(12)11-6-4-3-5-7-11;1-3-6(8)5-7(9)10-4-2/h10-11H,3-9H2,1-2H3;8-9,11H,2-7H2,1H3;3-5H2,1-2H3. The van der Waals surface area contributed by atoms with Gasteiger partial charge in [0.15, 0.2) is 6.29 Å². The van der Waals surface area contributed by atoms with Crippen molar-refractivity contribution in [3.63, 3.8) is 0 Å². The first-order chi connectivity index (χ1) is 20.8. The largest absolute Gasteiger partial charge is 0.466 e. The maximum Gasteiger partial charge on any atom is 0.341 e. The summed E-state index contributed by atoms with van der Waals surface area (Å²) in [5, 5.41) is 8.80. The van der Waals surface area contributed by atoms with E-state index in [2.05, 4.69) is 38.1 Å². The van der Waals surface area contributed by atoms with Gasteiger partial charge in [-0.2, -0.15) is 10.2 Å². The van der Waals surface area contributed by atoms with Crippen molar-refractivity contribution >= 4 is 24.0 Å². The molecule has 0 atom stereocenters. The Morgan fingerprint density at radius 3 is 1.74 bits per heavy atom. The molecular weight excluding hydrogens is 548 g/mol. The first-order valence-electron chi connectivity index (χ1n) is 16.3. The molecule has 0 saturated heterocycles. The molecule has 2 aromatic rings. The zero-order valence-corrected chi connectivity index (χ0v) is 26.9. The van der Waals surface area contributed by atoms with Crippen LogP contribution in [0.15, 0.2) is 12.4 Å². The van der Waals surface area contributed by atoms with Crippen molar-refractivity contribution in [2.75, 3.05) is 13.2 Å². The Balaban J connectivity index is 0.000000235. The summed E-state index contributed by atoms with van der Waals surface area (Å²) in [5.74, 6) is -0.732. The molecule has 10 heteroatoms.